The smallest absolute Gasteiger partial charge is 0.242 e. The summed E-state index contributed by atoms with van der Waals surface area (Å²) in [4.78, 5) is 12.3. The number of allylic oxidation sites excluding steroid dienone is 1. The van der Waals surface area contributed by atoms with Crippen LogP contribution in [0.25, 0.3) is 5.57 Å². The Labute approximate surface area is 130 Å². The summed E-state index contributed by atoms with van der Waals surface area (Å²) in [6, 6.07) is 17.7. The average Bonchev–Trinajstić information content (AvgIpc) is 2.63. The van der Waals surface area contributed by atoms with E-state index in [4.69, 9.17) is 5.84 Å². The largest absolute Gasteiger partial charge is 0.324 e. The first-order valence-corrected chi connectivity index (χ1v) is 7.41. The van der Waals surface area contributed by atoms with Crippen molar-refractivity contribution in [3.63, 3.8) is 0 Å². The third kappa shape index (κ3) is 2.93. The molecule has 1 amide bonds. The summed E-state index contributed by atoms with van der Waals surface area (Å²) in [7, 11) is 0. The van der Waals surface area contributed by atoms with Gasteiger partial charge in [-0.1, -0.05) is 54.6 Å². The summed E-state index contributed by atoms with van der Waals surface area (Å²) in [5.41, 5.74) is 6.71. The van der Waals surface area contributed by atoms with Crippen molar-refractivity contribution in [3.05, 3.63) is 71.8 Å². The summed E-state index contributed by atoms with van der Waals surface area (Å²) in [5, 5.41) is 2.98. The fourth-order valence-electron chi connectivity index (χ4n) is 2.73. The van der Waals surface area contributed by atoms with Crippen molar-refractivity contribution in [2.24, 2.45) is 5.84 Å². The number of hydrogen-bond acceptors (Lipinski definition) is 3. The molecule has 1 aliphatic rings. The van der Waals surface area contributed by atoms with Crippen LogP contribution in [0, 0.1) is 0 Å². The van der Waals surface area contributed by atoms with Crippen LogP contribution in [0.4, 0.5) is 5.69 Å². The molecule has 112 valence electrons. The molecule has 4 N–H and O–H groups in total. The van der Waals surface area contributed by atoms with Gasteiger partial charge in [0.2, 0.25) is 5.91 Å². The lowest BCUT2D eigenvalue weighted by Crippen LogP contribution is -2.44. The molecule has 1 unspecified atom stereocenters. The van der Waals surface area contributed by atoms with Crippen LogP contribution in [0.5, 0.6) is 0 Å². The molecule has 0 aromatic heterocycles. The molecule has 4 nitrogen and oxygen atoms in total. The Morgan fingerprint density at radius 2 is 1.77 bits per heavy atom. The van der Waals surface area contributed by atoms with Crippen molar-refractivity contribution in [3.8, 4) is 0 Å². The number of carbonyl (C=O) groups excluding carboxylic acids is 1. The van der Waals surface area contributed by atoms with E-state index in [-0.39, 0.29) is 11.9 Å². The first kappa shape index (κ1) is 14.5. The van der Waals surface area contributed by atoms with Crippen LogP contribution < -0.4 is 16.6 Å². The van der Waals surface area contributed by atoms with Gasteiger partial charge >= 0.3 is 0 Å². The van der Waals surface area contributed by atoms with Crippen LogP contribution in [0.3, 0.4) is 0 Å². The number of amides is 1. The Morgan fingerprint density at radius 3 is 2.55 bits per heavy atom. The van der Waals surface area contributed by atoms with Gasteiger partial charge in [-0.3, -0.25) is 10.6 Å². The summed E-state index contributed by atoms with van der Waals surface area (Å²) >= 11 is 0. The van der Waals surface area contributed by atoms with E-state index in [2.05, 4.69) is 29.0 Å². The number of carbonyl (C=O) groups is 1. The fraction of sp³-hybridized carbons (Fsp3) is 0.167. The molecule has 0 aliphatic carbocycles. The van der Waals surface area contributed by atoms with Crippen molar-refractivity contribution in [2.45, 2.75) is 18.9 Å². The molecule has 4 heteroatoms. The predicted molar refractivity (Wildman–Crippen MR) is 88.9 cm³/mol. The van der Waals surface area contributed by atoms with Crippen LogP contribution >= 0.6 is 0 Å². The van der Waals surface area contributed by atoms with E-state index in [0.717, 1.165) is 28.8 Å². The lowest BCUT2D eigenvalue weighted by Gasteiger charge is -2.16. The molecular weight excluding hydrogens is 274 g/mol. The number of benzene rings is 2. The number of anilines is 1. The quantitative estimate of drug-likeness (QED) is 0.589. The Morgan fingerprint density at radius 1 is 1.05 bits per heavy atom. The Hall–Kier alpha value is -2.43. The van der Waals surface area contributed by atoms with Gasteiger partial charge in [-0.2, -0.15) is 0 Å². The lowest BCUT2D eigenvalue weighted by molar-refractivity contribution is -0.118. The molecule has 1 atom stereocenters. The average molecular weight is 293 g/mol. The molecule has 0 bridgehead atoms. The van der Waals surface area contributed by atoms with Gasteiger partial charge in [0.15, 0.2) is 0 Å². The minimum absolute atomic E-state index is 0.0994. The molecule has 1 aliphatic heterocycles. The second-order valence-corrected chi connectivity index (χ2v) is 5.32. The number of nitrogens with two attached hydrogens (primary N) is 1. The maximum absolute atomic E-state index is 12.3. The van der Waals surface area contributed by atoms with E-state index in [1.54, 1.807) is 0 Å². The van der Waals surface area contributed by atoms with Crippen LogP contribution in [0.15, 0.2) is 60.7 Å². The van der Waals surface area contributed by atoms with Crippen LogP contribution in [0.2, 0.25) is 0 Å². The lowest BCUT2D eigenvalue weighted by atomic mass is 9.95. The topological polar surface area (TPSA) is 67.2 Å². The minimum Gasteiger partial charge on any atom is -0.324 e. The van der Waals surface area contributed by atoms with Crippen molar-refractivity contribution in [1.29, 1.82) is 0 Å². The first-order chi connectivity index (χ1) is 10.8. The summed E-state index contributed by atoms with van der Waals surface area (Å²) < 4.78 is 0. The first-order valence-electron chi connectivity index (χ1n) is 7.41. The molecule has 2 aromatic rings. The highest BCUT2D eigenvalue weighted by Crippen LogP contribution is 2.31. The molecule has 0 fully saturated rings. The monoisotopic (exact) mass is 293 g/mol. The highest BCUT2D eigenvalue weighted by Gasteiger charge is 2.20. The number of hydrogen-bond donors (Lipinski definition) is 3. The Bertz CT molecular complexity index is 694. The zero-order chi connectivity index (χ0) is 15.4. The molecule has 3 rings (SSSR count). The molecule has 1 heterocycles. The fourth-order valence-corrected chi connectivity index (χ4v) is 2.73. The van der Waals surface area contributed by atoms with Crippen LogP contribution in [-0.4, -0.2) is 11.9 Å². The van der Waals surface area contributed by atoms with Gasteiger partial charge in [-0.15, -0.1) is 0 Å². The number of rotatable bonds is 2. The Balaban J connectivity index is 2.09. The highest BCUT2D eigenvalue weighted by molar-refractivity contribution is 5.99. The van der Waals surface area contributed by atoms with E-state index < -0.39 is 0 Å². The minimum atomic E-state index is -0.389. The summed E-state index contributed by atoms with van der Waals surface area (Å²) in [6.45, 7) is 0. The number of nitrogens with one attached hydrogen (secondary N) is 2. The van der Waals surface area contributed by atoms with E-state index in [0.29, 0.717) is 6.42 Å². The van der Waals surface area contributed by atoms with Crippen molar-refractivity contribution in [1.82, 2.24) is 5.43 Å². The maximum atomic E-state index is 12.3. The molecular formula is C18H19N3O. The van der Waals surface area contributed by atoms with E-state index in [1.165, 1.54) is 0 Å². The third-order valence-corrected chi connectivity index (χ3v) is 3.88. The second kappa shape index (κ2) is 6.56. The zero-order valence-electron chi connectivity index (χ0n) is 12.3. The summed E-state index contributed by atoms with van der Waals surface area (Å²) in [5.74, 6) is 5.40. The highest BCUT2D eigenvalue weighted by atomic mass is 16.2. The molecule has 2 aromatic carbocycles. The number of fused-ring (bicyclic) bond motifs is 1. The molecule has 0 spiro atoms. The molecule has 0 saturated carbocycles. The van der Waals surface area contributed by atoms with Gasteiger partial charge in [0.05, 0.1) is 0 Å². The normalized spacial score (nSPS) is 20.7. The van der Waals surface area contributed by atoms with E-state index >= 15 is 0 Å². The standard InChI is InChI=1S/C18H19N3O/c19-21-17-12-6-10-14(13-7-2-1-3-8-13)15-9-4-5-11-16(15)20-18(17)22/h1-5,7-11,17,21H,6,12,19H2,(H,20,22)/b14-10-. The maximum Gasteiger partial charge on any atom is 0.242 e. The molecule has 22 heavy (non-hydrogen) atoms. The SMILES string of the molecule is NNC1CC/C=C(/c2ccccc2)c2ccccc2NC1=O. The van der Waals surface area contributed by atoms with Gasteiger partial charge in [0.25, 0.3) is 0 Å². The van der Waals surface area contributed by atoms with E-state index in [9.17, 15) is 4.79 Å². The number of para-hydroxylation sites is 1. The van der Waals surface area contributed by atoms with E-state index in [1.807, 2.05) is 42.5 Å². The van der Waals surface area contributed by atoms with Gasteiger partial charge in [0, 0.05) is 11.3 Å². The second-order valence-electron chi connectivity index (χ2n) is 5.32. The van der Waals surface area contributed by atoms with Crippen molar-refractivity contribution < 1.29 is 4.79 Å². The molecule has 0 radical (unpaired) electrons. The van der Waals surface area contributed by atoms with Gasteiger partial charge in [0.1, 0.15) is 6.04 Å². The Kier molecular flexibility index (Phi) is 4.32. The van der Waals surface area contributed by atoms with Gasteiger partial charge in [-0.25, -0.2) is 5.43 Å². The predicted octanol–water partition coefficient (Wildman–Crippen LogP) is 2.68. The van der Waals surface area contributed by atoms with Gasteiger partial charge < -0.3 is 5.32 Å². The van der Waals surface area contributed by atoms with Crippen molar-refractivity contribution >= 4 is 17.2 Å². The van der Waals surface area contributed by atoms with Crippen molar-refractivity contribution in [2.75, 3.05) is 5.32 Å². The third-order valence-electron chi connectivity index (χ3n) is 3.88. The van der Waals surface area contributed by atoms with Crippen LogP contribution in [0.1, 0.15) is 24.0 Å². The molecule has 0 saturated heterocycles. The number of hydrazine groups is 1. The summed E-state index contributed by atoms with van der Waals surface area (Å²) in [6.07, 6.45) is 3.62. The van der Waals surface area contributed by atoms with Gasteiger partial charge in [-0.05, 0) is 30.0 Å². The van der Waals surface area contributed by atoms with Crippen LogP contribution in [-0.2, 0) is 4.79 Å². The zero-order valence-corrected chi connectivity index (χ0v) is 12.3.